The molecular formula is C15H17N3O4. The Balaban J connectivity index is 1.76. The molecule has 22 heavy (non-hydrogen) atoms. The van der Waals surface area contributed by atoms with Crippen LogP contribution in [0.2, 0.25) is 0 Å². The Morgan fingerprint density at radius 2 is 2.18 bits per heavy atom. The third kappa shape index (κ3) is 2.80. The highest BCUT2D eigenvalue weighted by molar-refractivity contribution is 5.81. The lowest BCUT2D eigenvalue weighted by Crippen LogP contribution is -2.41. The van der Waals surface area contributed by atoms with Gasteiger partial charge in [0.05, 0.1) is 11.0 Å². The molecule has 2 aromatic rings. The summed E-state index contributed by atoms with van der Waals surface area (Å²) in [5.74, 6) is -0.167. The van der Waals surface area contributed by atoms with E-state index in [4.69, 9.17) is 4.74 Å². The molecule has 0 aliphatic carbocycles. The molecule has 0 saturated carbocycles. The molecule has 1 aliphatic heterocycles. The molecule has 116 valence electrons. The zero-order valence-corrected chi connectivity index (χ0v) is 12.0. The van der Waals surface area contributed by atoms with Crippen molar-refractivity contribution in [2.45, 2.75) is 25.5 Å². The van der Waals surface area contributed by atoms with E-state index in [1.807, 2.05) is 0 Å². The first-order valence-electron chi connectivity index (χ1n) is 7.28. The van der Waals surface area contributed by atoms with E-state index in [9.17, 15) is 14.4 Å². The molecule has 1 aromatic carbocycles. The van der Waals surface area contributed by atoms with Gasteiger partial charge in [-0.3, -0.25) is 14.4 Å². The molecule has 0 bridgehead atoms. The van der Waals surface area contributed by atoms with Gasteiger partial charge in [0.15, 0.2) is 0 Å². The van der Waals surface area contributed by atoms with Crippen molar-refractivity contribution < 1.29 is 9.53 Å². The van der Waals surface area contributed by atoms with E-state index in [-0.39, 0.29) is 19.0 Å². The van der Waals surface area contributed by atoms with Crippen molar-refractivity contribution in [2.24, 2.45) is 0 Å². The maximum absolute atomic E-state index is 12.0. The van der Waals surface area contributed by atoms with Gasteiger partial charge in [0, 0.05) is 19.7 Å². The van der Waals surface area contributed by atoms with Crippen LogP contribution >= 0.6 is 0 Å². The van der Waals surface area contributed by atoms with Crippen molar-refractivity contribution in [1.82, 2.24) is 14.9 Å². The standard InChI is InChI=1S/C15H17N3O4/c19-13(12-6-3-9-22-12)16-7-8-18-11-5-2-1-4-10(11)17-14(20)15(18)21/h1-2,4-5,12H,3,6-9H2,(H,16,19)(H,17,20). The van der Waals surface area contributed by atoms with Crippen molar-refractivity contribution in [1.29, 1.82) is 0 Å². The summed E-state index contributed by atoms with van der Waals surface area (Å²) in [6.07, 6.45) is 1.21. The summed E-state index contributed by atoms with van der Waals surface area (Å²) in [4.78, 5) is 38.1. The molecule has 7 heteroatoms. The number of aromatic nitrogens is 2. The van der Waals surface area contributed by atoms with Gasteiger partial charge in [-0.15, -0.1) is 0 Å². The molecule has 1 aliphatic rings. The van der Waals surface area contributed by atoms with Gasteiger partial charge in [0.2, 0.25) is 5.91 Å². The lowest BCUT2D eigenvalue weighted by atomic mass is 10.2. The molecule has 2 heterocycles. The maximum Gasteiger partial charge on any atom is 0.316 e. The van der Waals surface area contributed by atoms with Gasteiger partial charge in [-0.1, -0.05) is 12.1 Å². The maximum atomic E-state index is 12.0. The topological polar surface area (TPSA) is 93.2 Å². The molecule has 1 unspecified atom stereocenters. The Labute approximate surface area is 125 Å². The predicted molar refractivity (Wildman–Crippen MR) is 80.8 cm³/mol. The van der Waals surface area contributed by atoms with E-state index >= 15 is 0 Å². The summed E-state index contributed by atoms with van der Waals surface area (Å²) in [5, 5.41) is 2.75. The number of nitrogens with zero attached hydrogens (tertiary/aromatic N) is 1. The Morgan fingerprint density at radius 3 is 2.95 bits per heavy atom. The van der Waals surface area contributed by atoms with Gasteiger partial charge in [-0.05, 0) is 25.0 Å². The van der Waals surface area contributed by atoms with E-state index in [2.05, 4.69) is 10.3 Å². The van der Waals surface area contributed by atoms with Gasteiger partial charge in [0.1, 0.15) is 6.10 Å². The van der Waals surface area contributed by atoms with E-state index in [1.165, 1.54) is 4.57 Å². The summed E-state index contributed by atoms with van der Waals surface area (Å²) < 4.78 is 6.67. The van der Waals surface area contributed by atoms with E-state index in [0.717, 1.165) is 12.8 Å². The number of amides is 1. The molecule has 1 atom stereocenters. The van der Waals surface area contributed by atoms with Gasteiger partial charge in [-0.25, -0.2) is 0 Å². The number of ether oxygens (including phenoxy) is 1. The highest BCUT2D eigenvalue weighted by atomic mass is 16.5. The van der Waals surface area contributed by atoms with Crippen LogP contribution in [0.1, 0.15) is 12.8 Å². The number of para-hydroxylation sites is 2. The normalized spacial score (nSPS) is 17.7. The molecule has 1 amide bonds. The molecule has 3 rings (SSSR count). The monoisotopic (exact) mass is 303 g/mol. The lowest BCUT2D eigenvalue weighted by molar-refractivity contribution is -0.130. The average Bonchev–Trinajstić information content (AvgIpc) is 3.05. The number of nitrogens with one attached hydrogen (secondary N) is 2. The minimum atomic E-state index is -0.663. The van der Waals surface area contributed by atoms with Crippen molar-refractivity contribution in [3.63, 3.8) is 0 Å². The lowest BCUT2D eigenvalue weighted by Gasteiger charge is -2.12. The first-order chi connectivity index (χ1) is 10.7. The first-order valence-corrected chi connectivity index (χ1v) is 7.28. The first kappa shape index (κ1) is 14.5. The van der Waals surface area contributed by atoms with Crippen molar-refractivity contribution in [2.75, 3.05) is 13.2 Å². The Bertz CT molecular complexity index is 802. The van der Waals surface area contributed by atoms with Crippen LogP contribution in [-0.2, 0) is 16.1 Å². The number of carbonyl (C=O) groups is 1. The Hall–Kier alpha value is -2.41. The number of rotatable bonds is 4. The fraction of sp³-hybridized carbons (Fsp3) is 0.400. The van der Waals surface area contributed by atoms with Crippen molar-refractivity contribution in [3.8, 4) is 0 Å². The largest absolute Gasteiger partial charge is 0.368 e. The molecule has 7 nitrogen and oxygen atoms in total. The summed E-state index contributed by atoms with van der Waals surface area (Å²) in [5.41, 5.74) is -0.0507. The van der Waals surface area contributed by atoms with Gasteiger partial charge >= 0.3 is 11.1 Å². The van der Waals surface area contributed by atoms with Crippen LogP contribution in [0.5, 0.6) is 0 Å². The summed E-state index contributed by atoms with van der Waals surface area (Å²) >= 11 is 0. The molecule has 1 aromatic heterocycles. The van der Waals surface area contributed by atoms with E-state index in [1.54, 1.807) is 24.3 Å². The van der Waals surface area contributed by atoms with Crippen LogP contribution in [0.15, 0.2) is 33.9 Å². The molecule has 2 N–H and O–H groups in total. The molecular weight excluding hydrogens is 286 g/mol. The highest BCUT2D eigenvalue weighted by Gasteiger charge is 2.22. The van der Waals surface area contributed by atoms with Crippen LogP contribution in [0, 0.1) is 0 Å². The fourth-order valence-electron chi connectivity index (χ4n) is 2.63. The van der Waals surface area contributed by atoms with Gasteiger partial charge in [-0.2, -0.15) is 0 Å². The van der Waals surface area contributed by atoms with Crippen LogP contribution in [0.4, 0.5) is 0 Å². The van der Waals surface area contributed by atoms with Gasteiger partial charge in [0.25, 0.3) is 0 Å². The summed E-state index contributed by atoms with van der Waals surface area (Å²) in [6.45, 7) is 1.12. The quantitative estimate of drug-likeness (QED) is 0.777. The SMILES string of the molecule is O=C(NCCn1c(=O)c(=O)[nH]c2ccccc21)C1CCCO1. The van der Waals surface area contributed by atoms with Crippen LogP contribution in [0.3, 0.4) is 0 Å². The average molecular weight is 303 g/mol. The van der Waals surface area contributed by atoms with E-state index in [0.29, 0.717) is 17.6 Å². The fourth-order valence-corrected chi connectivity index (χ4v) is 2.63. The third-order valence-electron chi connectivity index (χ3n) is 3.74. The second kappa shape index (κ2) is 6.15. The number of H-pyrrole nitrogens is 1. The third-order valence-corrected chi connectivity index (χ3v) is 3.74. The zero-order chi connectivity index (χ0) is 15.5. The second-order valence-corrected chi connectivity index (χ2v) is 5.22. The highest BCUT2D eigenvalue weighted by Crippen LogP contribution is 2.11. The van der Waals surface area contributed by atoms with Crippen LogP contribution in [-0.4, -0.2) is 34.7 Å². The minimum Gasteiger partial charge on any atom is -0.368 e. The Morgan fingerprint density at radius 1 is 1.36 bits per heavy atom. The molecule has 0 radical (unpaired) electrons. The smallest absolute Gasteiger partial charge is 0.316 e. The number of aromatic amines is 1. The number of fused-ring (bicyclic) bond motifs is 1. The summed E-state index contributed by atoms with van der Waals surface area (Å²) in [7, 11) is 0. The summed E-state index contributed by atoms with van der Waals surface area (Å²) in [6, 6.07) is 7.07. The van der Waals surface area contributed by atoms with E-state index < -0.39 is 17.2 Å². The van der Waals surface area contributed by atoms with Crippen molar-refractivity contribution in [3.05, 3.63) is 45.0 Å². The van der Waals surface area contributed by atoms with Crippen LogP contribution in [0.25, 0.3) is 11.0 Å². The zero-order valence-electron chi connectivity index (χ0n) is 12.0. The minimum absolute atomic E-state index is 0.167. The second-order valence-electron chi connectivity index (χ2n) is 5.22. The number of hydrogen-bond donors (Lipinski definition) is 2. The van der Waals surface area contributed by atoms with Crippen molar-refractivity contribution >= 4 is 16.9 Å². The van der Waals surface area contributed by atoms with Crippen LogP contribution < -0.4 is 16.4 Å². The molecule has 1 fully saturated rings. The number of carbonyl (C=O) groups excluding carboxylic acids is 1. The molecule has 0 spiro atoms. The predicted octanol–water partition coefficient (Wildman–Crippen LogP) is -0.0150. The Kier molecular flexibility index (Phi) is 4.06. The molecule has 1 saturated heterocycles. The number of benzene rings is 1. The number of hydrogen-bond acceptors (Lipinski definition) is 4. The van der Waals surface area contributed by atoms with Gasteiger partial charge < -0.3 is 19.6 Å².